The molecule has 0 unspecified atom stereocenters. The van der Waals surface area contributed by atoms with Gasteiger partial charge in [0, 0.05) is 29.4 Å². The summed E-state index contributed by atoms with van der Waals surface area (Å²) < 4.78 is 0. The lowest BCUT2D eigenvalue weighted by molar-refractivity contribution is 0.0312. The van der Waals surface area contributed by atoms with Crippen molar-refractivity contribution in [3.8, 4) is 10.6 Å². The zero-order valence-corrected chi connectivity index (χ0v) is 13.4. The Morgan fingerprint density at radius 1 is 1.45 bits per heavy atom. The van der Waals surface area contributed by atoms with Crippen LogP contribution in [0.5, 0.6) is 0 Å². The summed E-state index contributed by atoms with van der Waals surface area (Å²) >= 11 is 3.08. The summed E-state index contributed by atoms with van der Waals surface area (Å²) in [4.78, 5) is 18.4. The van der Waals surface area contributed by atoms with Crippen molar-refractivity contribution in [2.24, 2.45) is 0 Å². The third kappa shape index (κ3) is 3.65. The second-order valence-electron chi connectivity index (χ2n) is 5.18. The number of thiophene rings is 1. The number of hydrogen-bond donors (Lipinski definition) is 1. The molecule has 1 amide bonds. The van der Waals surface area contributed by atoms with Gasteiger partial charge in [0.25, 0.3) is 5.91 Å². The number of likely N-dealkylation sites (N-methyl/N-ethyl adjacent to an activating group) is 1. The first kappa shape index (κ1) is 15.2. The summed E-state index contributed by atoms with van der Waals surface area (Å²) in [7, 11) is 0. The highest BCUT2D eigenvalue weighted by atomic mass is 32.1. The lowest BCUT2D eigenvalue weighted by atomic mass is 10.1. The monoisotopic (exact) mass is 310 g/mol. The molecule has 0 atom stereocenters. The minimum Gasteiger partial charge on any atom is -0.389 e. The highest BCUT2D eigenvalue weighted by Gasteiger charge is 2.24. The second-order valence-corrected chi connectivity index (χ2v) is 6.82. The molecule has 2 heterocycles. The molecule has 2 aromatic heterocycles. The highest BCUT2D eigenvalue weighted by Crippen LogP contribution is 2.26. The molecule has 2 aromatic rings. The fraction of sp³-hybridized carbons (Fsp3) is 0.429. The first-order valence-electron chi connectivity index (χ1n) is 6.40. The van der Waals surface area contributed by atoms with Gasteiger partial charge in [0.05, 0.1) is 5.60 Å². The van der Waals surface area contributed by atoms with Gasteiger partial charge in [0.15, 0.2) is 0 Å². The van der Waals surface area contributed by atoms with Crippen LogP contribution in [0.4, 0.5) is 0 Å². The van der Waals surface area contributed by atoms with E-state index >= 15 is 0 Å². The molecule has 0 aliphatic rings. The molecule has 20 heavy (non-hydrogen) atoms. The van der Waals surface area contributed by atoms with Gasteiger partial charge in [-0.1, -0.05) is 0 Å². The van der Waals surface area contributed by atoms with Crippen molar-refractivity contribution in [1.82, 2.24) is 9.88 Å². The molecule has 0 fully saturated rings. The van der Waals surface area contributed by atoms with Crippen LogP contribution in [0.15, 0.2) is 22.2 Å². The number of carbonyl (C=O) groups excluding carboxylic acids is 1. The van der Waals surface area contributed by atoms with E-state index in [1.54, 1.807) is 35.5 Å². The Labute approximate surface area is 126 Å². The Hall–Kier alpha value is -1.24. The fourth-order valence-electron chi connectivity index (χ4n) is 1.85. The van der Waals surface area contributed by atoms with E-state index in [1.165, 1.54) is 11.3 Å². The Bertz CT molecular complexity index is 570. The van der Waals surface area contributed by atoms with E-state index in [2.05, 4.69) is 4.98 Å². The van der Waals surface area contributed by atoms with Crippen molar-refractivity contribution in [3.05, 3.63) is 27.9 Å². The van der Waals surface area contributed by atoms with E-state index in [1.807, 2.05) is 23.8 Å². The van der Waals surface area contributed by atoms with E-state index in [-0.39, 0.29) is 5.91 Å². The molecule has 2 rings (SSSR count). The van der Waals surface area contributed by atoms with Gasteiger partial charge in [0.2, 0.25) is 0 Å². The van der Waals surface area contributed by atoms with Gasteiger partial charge >= 0.3 is 0 Å². The van der Waals surface area contributed by atoms with Gasteiger partial charge in [-0.05, 0) is 32.2 Å². The molecule has 0 aliphatic carbocycles. The molecule has 108 valence electrons. The first-order chi connectivity index (χ1) is 9.40. The summed E-state index contributed by atoms with van der Waals surface area (Å²) in [5, 5.41) is 16.5. The average molecular weight is 310 g/mol. The molecule has 0 bridgehead atoms. The molecular weight excluding hydrogens is 292 g/mol. The summed E-state index contributed by atoms with van der Waals surface area (Å²) in [6.45, 7) is 6.14. The summed E-state index contributed by atoms with van der Waals surface area (Å²) in [6.07, 6.45) is 0. The molecule has 1 N–H and O–H groups in total. The normalized spacial score (nSPS) is 11.6. The van der Waals surface area contributed by atoms with Gasteiger partial charge in [-0.15, -0.1) is 11.3 Å². The third-order valence-corrected chi connectivity index (χ3v) is 4.31. The van der Waals surface area contributed by atoms with Gasteiger partial charge in [-0.2, -0.15) is 11.3 Å². The standard InChI is InChI=1S/C14H18N2O2S2/c1-4-16(9-14(2,3)18)13(17)11-8-20-12(15-11)10-5-6-19-7-10/h5-8,18H,4,9H2,1-3H3. The maximum atomic E-state index is 12.4. The summed E-state index contributed by atoms with van der Waals surface area (Å²) in [6, 6.07) is 1.99. The average Bonchev–Trinajstić information content (AvgIpc) is 3.03. The lowest BCUT2D eigenvalue weighted by Gasteiger charge is -2.27. The van der Waals surface area contributed by atoms with Crippen LogP contribution >= 0.6 is 22.7 Å². The predicted molar refractivity (Wildman–Crippen MR) is 83.3 cm³/mol. The second kappa shape index (κ2) is 6.03. The van der Waals surface area contributed by atoms with Crippen LogP contribution in [0.2, 0.25) is 0 Å². The van der Waals surface area contributed by atoms with Gasteiger partial charge in [0.1, 0.15) is 10.7 Å². The van der Waals surface area contributed by atoms with E-state index in [0.717, 1.165) is 10.6 Å². The van der Waals surface area contributed by atoms with Crippen molar-refractivity contribution < 1.29 is 9.90 Å². The lowest BCUT2D eigenvalue weighted by Crippen LogP contribution is -2.42. The first-order valence-corrected chi connectivity index (χ1v) is 8.22. The maximum absolute atomic E-state index is 12.4. The number of aromatic nitrogens is 1. The van der Waals surface area contributed by atoms with Crippen molar-refractivity contribution in [1.29, 1.82) is 0 Å². The molecule has 0 radical (unpaired) electrons. The molecule has 0 aliphatic heterocycles. The Morgan fingerprint density at radius 2 is 2.20 bits per heavy atom. The van der Waals surface area contributed by atoms with Crippen LogP contribution in [0.3, 0.4) is 0 Å². The van der Waals surface area contributed by atoms with Crippen LogP contribution in [0, 0.1) is 0 Å². The summed E-state index contributed by atoms with van der Waals surface area (Å²) in [5.41, 5.74) is 0.588. The molecule has 0 spiro atoms. The fourth-order valence-corrected chi connectivity index (χ4v) is 3.35. The molecule has 0 saturated carbocycles. The maximum Gasteiger partial charge on any atom is 0.273 e. The van der Waals surface area contributed by atoms with Crippen molar-refractivity contribution in [2.75, 3.05) is 13.1 Å². The third-order valence-electron chi connectivity index (χ3n) is 2.74. The summed E-state index contributed by atoms with van der Waals surface area (Å²) in [5.74, 6) is -0.132. The van der Waals surface area contributed by atoms with Crippen molar-refractivity contribution in [2.45, 2.75) is 26.4 Å². The number of aliphatic hydroxyl groups is 1. The smallest absolute Gasteiger partial charge is 0.273 e. The van der Waals surface area contributed by atoms with Crippen LogP contribution in [0.25, 0.3) is 10.6 Å². The van der Waals surface area contributed by atoms with E-state index in [0.29, 0.717) is 18.8 Å². The number of hydrogen-bond acceptors (Lipinski definition) is 5. The largest absolute Gasteiger partial charge is 0.389 e. The Balaban J connectivity index is 2.16. The topological polar surface area (TPSA) is 53.4 Å². The number of nitrogens with zero attached hydrogens (tertiary/aromatic N) is 2. The zero-order valence-electron chi connectivity index (χ0n) is 11.8. The minimum atomic E-state index is -0.905. The number of thiazole rings is 1. The SMILES string of the molecule is CCN(CC(C)(C)O)C(=O)c1csc(-c2ccsc2)n1. The minimum absolute atomic E-state index is 0.132. The molecule has 4 nitrogen and oxygen atoms in total. The molecular formula is C14H18N2O2S2. The number of amides is 1. The van der Waals surface area contributed by atoms with Crippen LogP contribution < -0.4 is 0 Å². The van der Waals surface area contributed by atoms with E-state index in [4.69, 9.17) is 0 Å². The quantitative estimate of drug-likeness (QED) is 0.923. The Morgan fingerprint density at radius 3 is 2.75 bits per heavy atom. The van der Waals surface area contributed by atoms with Crippen LogP contribution in [0.1, 0.15) is 31.3 Å². The van der Waals surface area contributed by atoms with Crippen molar-refractivity contribution >= 4 is 28.6 Å². The van der Waals surface area contributed by atoms with E-state index in [9.17, 15) is 9.90 Å². The van der Waals surface area contributed by atoms with E-state index < -0.39 is 5.60 Å². The number of rotatable bonds is 5. The van der Waals surface area contributed by atoms with Crippen LogP contribution in [-0.4, -0.2) is 39.6 Å². The van der Waals surface area contributed by atoms with Crippen LogP contribution in [-0.2, 0) is 0 Å². The Kier molecular flexibility index (Phi) is 4.57. The number of carbonyl (C=O) groups is 1. The molecule has 6 heteroatoms. The highest BCUT2D eigenvalue weighted by molar-refractivity contribution is 7.14. The molecule has 0 saturated heterocycles. The van der Waals surface area contributed by atoms with Crippen molar-refractivity contribution in [3.63, 3.8) is 0 Å². The zero-order chi connectivity index (χ0) is 14.8. The van der Waals surface area contributed by atoms with Gasteiger partial charge in [-0.3, -0.25) is 4.79 Å². The van der Waals surface area contributed by atoms with Gasteiger partial charge < -0.3 is 10.0 Å². The van der Waals surface area contributed by atoms with Gasteiger partial charge in [-0.25, -0.2) is 4.98 Å². The predicted octanol–water partition coefficient (Wildman–Crippen LogP) is 3.10. The molecule has 0 aromatic carbocycles.